The highest BCUT2D eigenvalue weighted by Gasteiger charge is 2.10. The van der Waals surface area contributed by atoms with Crippen LogP contribution in [0.5, 0.6) is 5.75 Å². The van der Waals surface area contributed by atoms with Gasteiger partial charge in [0.1, 0.15) is 12.4 Å². The van der Waals surface area contributed by atoms with Gasteiger partial charge >= 0.3 is 5.97 Å². The van der Waals surface area contributed by atoms with Gasteiger partial charge in [-0.05, 0) is 85.0 Å². The molecule has 0 aromatic heterocycles. The van der Waals surface area contributed by atoms with Crippen molar-refractivity contribution in [1.82, 2.24) is 0 Å². The van der Waals surface area contributed by atoms with E-state index in [0.29, 0.717) is 18.8 Å². The zero-order valence-electron chi connectivity index (χ0n) is 15.8. The van der Waals surface area contributed by atoms with Crippen molar-refractivity contribution in [3.8, 4) is 5.75 Å². The molecule has 134 valence electrons. The van der Waals surface area contributed by atoms with E-state index in [1.54, 1.807) is 0 Å². The molecule has 0 saturated carbocycles. The molecule has 0 bridgehead atoms. The van der Waals surface area contributed by atoms with Gasteiger partial charge in [-0.3, -0.25) is 0 Å². The van der Waals surface area contributed by atoms with Crippen LogP contribution < -0.4 is 4.74 Å². The second kappa shape index (κ2) is 7.61. The molecular formula is C23H24O3. The molecule has 3 rings (SSSR count). The Hall–Kier alpha value is -2.81. The van der Waals surface area contributed by atoms with E-state index < -0.39 is 0 Å². The van der Waals surface area contributed by atoms with E-state index in [1.165, 1.54) is 16.7 Å². The van der Waals surface area contributed by atoms with Gasteiger partial charge in [-0.2, -0.15) is 0 Å². The zero-order chi connectivity index (χ0) is 18.7. The first-order valence-corrected chi connectivity index (χ1v) is 8.89. The Bertz CT molecular complexity index is 937. The number of benzene rings is 3. The van der Waals surface area contributed by atoms with Crippen molar-refractivity contribution in [2.45, 2.75) is 34.3 Å². The molecular weight excluding hydrogens is 324 g/mol. The number of fused-ring (bicyclic) bond motifs is 1. The molecule has 0 aliphatic heterocycles. The maximum atomic E-state index is 12.1. The SMILES string of the molecule is CCOC(=O)c1cc(C)c2ccc(OCc3c(C)cccc3C)cc2c1. The summed E-state index contributed by atoms with van der Waals surface area (Å²) in [6.45, 7) is 8.91. The molecule has 0 aliphatic carbocycles. The maximum Gasteiger partial charge on any atom is 0.338 e. The summed E-state index contributed by atoms with van der Waals surface area (Å²) in [5.41, 5.74) is 5.29. The molecule has 0 radical (unpaired) electrons. The Balaban J connectivity index is 1.89. The van der Waals surface area contributed by atoms with E-state index in [1.807, 2.05) is 44.2 Å². The van der Waals surface area contributed by atoms with E-state index in [4.69, 9.17) is 9.47 Å². The number of carbonyl (C=O) groups is 1. The van der Waals surface area contributed by atoms with Crippen molar-refractivity contribution in [1.29, 1.82) is 0 Å². The number of hydrogen-bond donors (Lipinski definition) is 0. The van der Waals surface area contributed by atoms with Crippen LogP contribution in [0.3, 0.4) is 0 Å². The number of aryl methyl sites for hydroxylation is 3. The number of esters is 1. The molecule has 3 aromatic rings. The van der Waals surface area contributed by atoms with Crippen molar-refractivity contribution in [3.63, 3.8) is 0 Å². The van der Waals surface area contributed by atoms with Crippen molar-refractivity contribution in [3.05, 3.63) is 76.3 Å². The minimum Gasteiger partial charge on any atom is -0.489 e. The van der Waals surface area contributed by atoms with Crippen LogP contribution in [-0.2, 0) is 11.3 Å². The number of hydrogen-bond acceptors (Lipinski definition) is 3. The van der Waals surface area contributed by atoms with Crippen molar-refractivity contribution in [2.75, 3.05) is 6.61 Å². The molecule has 0 unspecified atom stereocenters. The van der Waals surface area contributed by atoms with Crippen LogP contribution in [0, 0.1) is 20.8 Å². The van der Waals surface area contributed by atoms with E-state index in [9.17, 15) is 4.79 Å². The van der Waals surface area contributed by atoms with Gasteiger partial charge in [0.2, 0.25) is 0 Å². The van der Waals surface area contributed by atoms with Crippen molar-refractivity contribution >= 4 is 16.7 Å². The summed E-state index contributed by atoms with van der Waals surface area (Å²) in [6, 6.07) is 16.0. The average molecular weight is 348 g/mol. The van der Waals surface area contributed by atoms with E-state index in [2.05, 4.69) is 32.0 Å². The second-order valence-electron chi connectivity index (χ2n) is 6.56. The minimum absolute atomic E-state index is 0.292. The predicted octanol–water partition coefficient (Wildman–Crippen LogP) is 5.52. The predicted molar refractivity (Wildman–Crippen MR) is 105 cm³/mol. The smallest absolute Gasteiger partial charge is 0.338 e. The van der Waals surface area contributed by atoms with Crippen LogP contribution in [0.15, 0.2) is 48.5 Å². The first kappa shape index (κ1) is 18.0. The van der Waals surface area contributed by atoms with Crippen molar-refractivity contribution < 1.29 is 14.3 Å². The topological polar surface area (TPSA) is 35.5 Å². The highest BCUT2D eigenvalue weighted by Crippen LogP contribution is 2.27. The third-order valence-corrected chi connectivity index (χ3v) is 4.67. The van der Waals surface area contributed by atoms with Crippen molar-refractivity contribution in [2.24, 2.45) is 0 Å². The minimum atomic E-state index is -0.292. The van der Waals surface area contributed by atoms with Crippen LogP contribution in [0.4, 0.5) is 0 Å². The molecule has 0 heterocycles. The summed E-state index contributed by atoms with van der Waals surface area (Å²) in [7, 11) is 0. The Labute approximate surface area is 154 Å². The Morgan fingerprint density at radius 2 is 1.65 bits per heavy atom. The lowest BCUT2D eigenvalue weighted by atomic mass is 10.0. The van der Waals surface area contributed by atoms with Crippen LogP contribution in [0.1, 0.15) is 39.5 Å². The molecule has 0 spiro atoms. The summed E-state index contributed by atoms with van der Waals surface area (Å²) in [5, 5.41) is 2.09. The molecule has 3 nitrogen and oxygen atoms in total. The second-order valence-corrected chi connectivity index (χ2v) is 6.56. The lowest BCUT2D eigenvalue weighted by Crippen LogP contribution is -2.05. The lowest BCUT2D eigenvalue weighted by Gasteiger charge is -2.13. The highest BCUT2D eigenvalue weighted by atomic mass is 16.5. The Morgan fingerprint density at radius 3 is 2.35 bits per heavy atom. The molecule has 0 N–H and O–H groups in total. The summed E-state index contributed by atoms with van der Waals surface area (Å²) < 4.78 is 11.2. The largest absolute Gasteiger partial charge is 0.489 e. The quantitative estimate of drug-likeness (QED) is 0.569. The third kappa shape index (κ3) is 3.72. The first-order valence-electron chi connectivity index (χ1n) is 8.89. The van der Waals surface area contributed by atoms with Gasteiger partial charge in [-0.25, -0.2) is 4.79 Å². The van der Waals surface area contributed by atoms with Crippen LogP contribution in [-0.4, -0.2) is 12.6 Å². The molecule has 26 heavy (non-hydrogen) atoms. The van der Waals surface area contributed by atoms with Gasteiger partial charge in [-0.1, -0.05) is 24.3 Å². The Kier molecular flexibility index (Phi) is 5.27. The van der Waals surface area contributed by atoms with E-state index in [-0.39, 0.29) is 5.97 Å². The molecule has 0 saturated heterocycles. The standard InChI is InChI=1S/C23H24O3/c1-5-25-23(24)19-11-17(4)21-10-9-20(13-18(21)12-19)26-14-22-15(2)7-6-8-16(22)3/h6-13H,5,14H2,1-4H3. The summed E-state index contributed by atoms with van der Waals surface area (Å²) in [6.07, 6.45) is 0. The summed E-state index contributed by atoms with van der Waals surface area (Å²) >= 11 is 0. The fourth-order valence-corrected chi connectivity index (χ4v) is 3.19. The maximum absolute atomic E-state index is 12.1. The lowest BCUT2D eigenvalue weighted by molar-refractivity contribution is 0.0526. The van der Waals surface area contributed by atoms with Gasteiger partial charge in [0.25, 0.3) is 0 Å². The summed E-state index contributed by atoms with van der Waals surface area (Å²) in [4.78, 5) is 12.1. The fourth-order valence-electron chi connectivity index (χ4n) is 3.19. The molecule has 0 atom stereocenters. The summed E-state index contributed by atoms with van der Waals surface area (Å²) in [5.74, 6) is 0.500. The number of ether oxygens (including phenoxy) is 2. The normalized spacial score (nSPS) is 10.8. The van der Waals surface area contributed by atoms with Gasteiger partial charge in [-0.15, -0.1) is 0 Å². The van der Waals surface area contributed by atoms with E-state index in [0.717, 1.165) is 22.1 Å². The van der Waals surface area contributed by atoms with Crippen LogP contribution in [0.25, 0.3) is 10.8 Å². The third-order valence-electron chi connectivity index (χ3n) is 4.67. The highest BCUT2D eigenvalue weighted by molar-refractivity contribution is 5.97. The van der Waals surface area contributed by atoms with Crippen LogP contribution in [0.2, 0.25) is 0 Å². The molecule has 0 amide bonds. The molecule has 0 fully saturated rings. The number of rotatable bonds is 5. The van der Waals surface area contributed by atoms with Gasteiger partial charge in [0, 0.05) is 0 Å². The molecule has 3 heteroatoms. The van der Waals surface area contributed by atoms with E-state index >= 15 is 0 Å². The van der Waals surface area contributed by atoms with Gasteiger partial charge in [0.05, 0.1) is 12.2 Å². The number of carbonyl (C=O) groups excluding carboxylic acids is 1. The van der Waals surface area contributed by atoms with Gasteiger partial charge < -0.3 is 9.47 Å². The Morgan fingerprint density at radius 1 is 0.923 bits per heavy atom. The monoisotopic (exact) mass is 348 g/mol. The fraction of sp³-hybridized carbons (Fsp3) is 0.261. The average Bonchev–Trinajstić information content (AvgIpc) is 2.61. The zero-order valence-corrected chi connectivity index (χ0v) is 15.8. The van der Waals surface area contributed by atoms with Crippen LogP contribution >= 0.6 is 0 Å². The first-order chi connectivity index (χ1) is 12.5. The molecule has 0 aliphatic rings. The van der Waals surface area contributed by atoms with Gasteiger partial charge in [0.15, 0.2) is 0 Å². The molecule has 3 aromatic carbocycles.